The van der Waals surface area contributed by atoms with E-state index in [0.717, 1.165) is 33.9 Å². The van der Waals surface area contributed by atoms with E-state index in [-0.39, 0.29) is 5.41 Å². The van der Waals surface area contributed by atoms with Gasteiger partial charge in [-0.2, -0.15) is 0 Å². The fraction of sp³-hybridized carbons (Fsp3) is 0.0811. The fourth-order valence-corrected chi connectivity index (χ4v) is 4.95. The third-order valence-electron chi connectivity index (χ3n) is 7.35. The molecule has 2 nitrogen and oxygen atoms in total. The van der Waals surface area contributed by atoms with E-state index in [1.165, 1.54) is 22.3 Å². The molecule has 0 atom stereocenters. The van der Waals surface area contributed by atoms with E-state index < -0.39 is 0 Å². The van der Waals surface area contributed by atoms with Gasteiger partial charge in [0.15, 0.2) is 0 Å². The van der Waals surface area contributed by atoms with Crippen LogP contribution in [-0.4, -0.2) is 9.97 Å². The summed E-state index contributed by atoms with van der Waals surface area (Å²) in [5, 5.41) is 0. The predicted molar refractivity (Wildman–Crippen MR) is 162 cm³/mol. The zero-order valence-corrected chi connectivity index (χ0v) is 22.3. The molecule has 0 unspecified atom stereocenters. The monoisotopic (exact) mass is 502 g/mol. The van der Waals surface area contributed by atoms with Gasteiger partial charge in [-0.05, 0) is 60.4 Å². The second-order valence-corrected chi connectivity index (χ2v) is 10.3. The van der Waals surface area contributed by atoms with E-state index in [4.69, 9.17) is 9.97 Å². The first kappa shape index (κ1) is 24.5. The summed E-state index contributed by atoms with van der Waals surface area (Å²) >= 11 is 0. The van der Waals surface area contributed by atoms with E-state index >= 15 is 0 Å². The van der Waals surface area contributed by atoms with Crippen molar-refractivity contribution in [1.29, 1.82) is 0 Å². The van der Waals surface area contributed by atoms with Gasteiger partial charge in [-0.1, -0.05) is 121 Å². The summed E-state index contributed by atoms with van der Waals surface area (Å²) in [6.07, 6.45) is 0. The molecule has 2 heterocycles. The molecule has 0 radical (unpaired) electrons. The average Bonchev–Trinajstić information content (AvgIpc) is 3.02. The van der Waals surface area contributed by atoms with Crippen molar-refractivity contribution in [1.82, 2.24) is 9.97 Å². The molecule has 4 aromatic carbocycles. The van der Waals surface area contributed by atoms with E-state index in [1.807, 2.05) is 12.1 Å². The molecular formula is C37H30N2. The van der Waals surface area contributed by atoms with Crippen LogP contribution in [0.2, 0.25) is 0 Å². The fourth-order valence-electron chi connectivity index (χ4n) is 4.95. The van der Waals surface area contributed by atoms with Gasteiger partial charge < -0.3 is 0 Å². The molecule has 0 spiro atoms. The quantitative estimate of drug-likeness (QED) is 0.227. The largest absolute Gasteiger partial charge is 0.252 e. The maximum Gasteiger partial charge on any atom is 0.0705 e. The molecule has 6 rings (SSSR count). The topological polar surface area (TPSA) is 25.8 Å². The van der Waals surface area contributed by atoms with Crippen molar-refractivity contribution in [3.8, 4) is 44.8 Å². The maximum atomic E-state index is 5.10. The smallest absolute Gasteiger partial charge is 0.0705 e. The lowest BCUT2D eigenvalue weighted by Gasteiger charge is -2.25. The molecular weight excluding hydrogens is 472 g/mol. The van der Waals surface area contributed by atoms with Crippen molar-refractivity contribution in [2.24, 2.45) is 0 Å². The summed E-state index contributed by atoms with van der Waals surface area (Å²) in [6.45, 7) is 4.39. The Bertz CT molecular complexity index is 1560. The molecule has 0 bridgehead atoms. The van der Waals surface area contributed by atoms with Gasteiger partial charge in [0.1, 0.15) is 0 Å². The highest BCUT2D eigenvalue weighted by Gasteiger charge is 2.27. The molecule has 0 saturated heterocycles. The van der Waals surface area contributed by atoms with Crippen molar-refractivity contribution in [3.05, 3.63) is 157 Å². The minimum Gasteiger partial charge on any atom is -0.252 e. The molecule has 39 heavy (non-hydrogen) atoms. The van der Waals surface area contributed by atoms with Crippen molar-refractivity contribution in [3.63, 3.8) is 0 Å². The van der Waals surface area contributed by atoms with Crippen LogP contribution < -0.4 is 0 Å². The van der Waals surface area contributed by atoms with Crippen molar-refractivity contribution < 1.29 is 0 Å². The third kappa shape index (κ3) is 5.15. The zero-order chi connectivity index (χ0) is 26.7. The van der Waals surface area contributed by atoms with Crippen molar-refractivity contribution in [2.45, 2.75) is 19.3 Å². The lowest BCUT2D eigenvalue weighted by atomic mass is 9.84. The first-order chi connectivity index (χ1) is 19.1. The Morgan fingerprint density at radius 1 is 0.333 bits per heavy atom. The zero-order valence-electron chi connectivity index (χ0n) is 22.3. The Labute approximate surface area is 230 Å². The maximum absolute atomic E-state index is 5.10. The molecule has 0 N–H and O–H groups in total. The molecule has 2 heteroatoms. The van der Waals surface area contributed by atoms with Crippen LogP contribution in [0.3, 0.4) is 0 Å². The number of hydrogen-bond acceptors (Lipinski definition) is 2. The summed E-state index contributed by atoms with van der Waals surface area (Å²) in [4.78, 5) is 10.2. The van der Waals surface area contributed by atoms with Crippen LogP contribution in [-0.2, 0) is 5.41 Å². The second-order valence-electron chi connectivity index (χ2n) is 10.3. The lowest BCUT2D eigenvalue weighted by molar-refractivity contribution is 0.597. The Morgan fingerprint density at radius 2 is 0.667 bits per heavy atom. The molecule has 0 aliphatic rings. The van der Waals surface area contributed by atoms with Crippen LogP contribution in [0.4, 0.5) is 0 Å². The van der Waals surface area contributed by atoms with Crippen molar-refractivity contribution >= 4 is 0 Å². The second kappa shape index (κ2) is 10.5. The highest BCUT2D eigenvalue weighted by Crippen LogP contribution is 2.33. The number of hydrogen-bond donors (Lipinski definition) is 0. The van der Waals surface area contributed by atoms with Crippen LogP contribution in [0.15, 0.2) is 146 Å². The van der Waals surface area contributed by atoms with Gasteiger partial charge in [0.05, 0.1) is 22.8 Å². The number of nitrogens with zero attached hydrogens (tertiary/aromatic N) is 2. The van der Waals surface area contributed by atoms with Crippen LogP contribution in [0, 0.1) is 0 Å². The van der Waals surface area contributed by atoms with E-state index in [1.54, 1.807) is 0 Å². The lowest BCUT2D eigenvalue weighted by Crippen LogP contribution is -2.22. The van der Waals surface area contributed by atoms with Gasteiger partial charge in [0, 0.05) is 16.5 Å². The Hall–Kier alpha value is -4.82. The first-order valence-electron chi connectivity index (χ1n) is 13.3. The number of pyridine rings is 2. The molecule has 0 amide bonds. The highest BCUT2D eigenvalue weighted by molar-refractivity contribution is 5.70. The standard InChI is InChI=1S/C37H30N2/c1-37(2,35-17-9-15-33(38-35)31-23-19-29(20-24-31)27-11-5-3-6-12-27)36-18-10-16-34(39-36)32-25-21-30(22-26-32)28-13-7-4-8-14-28/h3-26H,1-2H3. The van der Waals surface area contributed by atoms with Crippen LogP contribution in [0.1, 0.15) is 25.2 Å². The predicted octanol–water partition coefficient (Wildman–Crippen LogP) is 9.47. The Balaban J connectivity index is 1.27. The van der Waals surface area contributed by atoms with Crippen LogP contribution in [0.25, 0.3) is 44.8 Å². The highest BCUT2D eigenvalue weighted by atomic mass is 14.8. The van der Waals surface area contributed by atoms with Crippen molar-refractivity contribution in [2.75, 3.05) is 0 Å². The van der Waals surface area contributed by atoms with E-state index in [9.17, 15) is 0 Å². The third-order valence-corrected chi connectivity index (χ3v) is 7.35. The molecule has 0 fully saturated rings. The van der Waals surface area contributed by atoms with E-state index in [0.29, 0.717) is 0 Å². The van der Waals surface area contributed by atoms with Gasteiger partial charge in [0.25, 0.3) is 0 Å². The van der Waals surface area contributed by atoms with Gasteiger partial charge in [-0.15, -0.1) is 0 Å². The van der Waals surface area contributed by atoms with Crippen LogP contribution >= 0.6 is 0 Å². The molecule has 2 aromatic heterocycles. The van der Waals surface area contributed by atoms with E-state index in [2.05, 4.69) is 147 Å². The molecule has 0 aliphatic heterocycles. The molecule has 6 aromatic rings. The van der Waals surface area contributed by atoms with Gasteiger partial charge in [0.2, 0.25) is 0 Å². The summed E-state index contributed by atoms with van der Waals surface area (Å²) in [7, 11) is 0. The van der Waals surface area contributed by atoms with Gasteiger partial charge in [-0.3, -0.25) is 9.97 Å². The van der Waals surface area contributed by atoms with Crippen LogP contribution in [0.5, 0.6) is 0 Å². The number of rotatable bonds is 6. The summed E-state index contributed by atoms with van der Waals surface area (Å²) in [5.74, 6) is 0. The summed E-state index contributed by atoms with van der Waals surface area (Å²) < 4.78 is 0. The molecule has 188 valence electrons. The summed E-state index contributed by atoms with van der Waals surface area (Å²) in [6, 6.07) is 50.7. The minimum atomic E-state index is -0.361. The summed E-state index contributed by atoms with van der Waals surface area (Å²) in [5.41, 5.74) is 10.6. The SMILES string of the molecule is CC(C)(c1cccc(-c2ccc(-c3ccccc3)cc2)n1)c1cccc(-c2ccc(-c3ccccc3)cc2)n1. The van der Waals surface area contributed by atoms with Gasteiger partial charge in [-0.25, -0.2) is 0 Å². The molecule has 0 aliphatic carbocycles. The van der Waals surface area contributed by atoms with Gasteiger partial charge >= 0.3 is 0 Å². The minimum absolute atomic E-state index is 0.361. The average molecular weight is 503 g/mol. The number of aromatic nitrogens is 2. The Kier molecular flexibility index (Phi) is 6.61. The first-order valence-corrected chi connectivity index (χ1v) is 13.3. The number of benzene rings is 4. The normalized spacial score (nSPS) is 11.3. The molecule has 0 saturated carbocycles. The Morgan fingerprint density at radius 3 is 1.05 bits per heavy atom.